The van der Waals surface area contributed by atoms with Crippen LogP contribution in [0.15, 0.2) is 41.3 Å². The molecule has 2 N–H and O–H groups in total. The van der Waals surface area contributed by atoms with E-state index in [1.165, 1.54) is 12.1 Å². The third-order valence-corrected chi connectivity index (χ3v) is 4.66. The van der Waals surface area contributed by atoms with Crippen LogP contribution in [0.1, 0.15) is 0 Å². The van der Waals surface area contributed by atoms with Gasteiger partial charge in [0.05, 0.1) is 27.3 Å². The van der Waals surface area contributed by atoms with Crippen LogP contribution in [0.25, 0.3) is 0 Å². The van der Waals surface area contributed by atoms with Gasteiger partial charge in [-0.1, -0.05) is 46.9 Å². The fraction of sp³-hybridized carbons (Fsp3) is 0.133. The topological polar surface area (TPSA) is 41.1 Å². The first-order valence-electron chi connectivity index (χ1n) is 6.32. The monoisotopic (exact) mass is 374 g/mol. The zero-order valence-corrected chi connectivity index (χ0v) is 14.7. The van der Waals surface area contributed by atoms with Crippen LogP contribution in [0.4, 0.5) is 11.4 Å². The normalized spacial score (nSPS) is 10.4. The average Bonchev–Trinajstić information content (AvgIpc) is 2.51. The molecule has 7 heteroatoms. The second kappa shape index (κ2) is 7.97. The Bertz CT molecular complexity index is 694. The van der Waals surface area contributed by atoms with E-state index in [2.05, 4.69) is 10.6 Å². The lowest BCUT2D eigenvalue weighted by molar-refractivity contribution is -0.114. The molecule has 116 valence electrons. The summed E-state index contributed by atoms with van der Waals surface area (Å²) >= 11 is 19.4. The largest absolute Gasteiger partial charge is 0.375 e. The Morgan fingerprint density at radius 3 is 2.45 bits per heavy atom. The summed E-state index contributed by atoms with van der Waals surface area (Å²) in [4.78, 5) is 13.1. The molecule has 0 aromatic heterocycles. The highest BCUT2D eigenvalue weighted by Gasteiger charge is 2.10. The molecule has 0 aliphatic heterocycles. The van der Waals surface area contributed by atoms with Gasteiger partial charge in [0.25, 0.3) is 0 Å². The second-order valence-electron chi connectivity index (χ2n) is 4.35. The molecular formula is C15H13Cl3N2OS. The first-order chi connectivity index (χ1) is 10.5. The smallest absolute Gasteiger partial charge is 0.243 e. The zero-order valence-electron chi connectivity index (χ0n) is 11.6. The molecule has 0 bridgehead atoms. The van der Waals surface area contributed by atoms with Gasteiger partial charge in [-0.15, -0.1) is 11.8 Å². The van der Waals surface area contributed by atoms with E-state index in [0.717, 1.165) is 10.6 Å². The van der Waals surface area contributed by atoms with Crippen molar-refractivity contribution in [2.45, 2.75) is 4.90 Å². The van der Waals surface area contributed by atoms with E-state index in [0.29, 0.717) is 20.8 Å². The molecule has 22 heavy (non-hydrogen) atoms. The molecule has 0 aliphatic carbocycles. The van der Waals surface area contributed by atoms with Gasteiger partial charge in [0, 0.05) is 10.6 Å². The maximum atomic E-state index is 12.0. The number of para-hydroxylation sites is 1. The molecule has 1 amide bonds. The molecule has 0 atom stereocenters. The number of thioether (sulfide) groups is 1. The van der Waals surface area contributed by atoms with Crippen LogP contribution in [0.2, 0.25) is 15.1 Å². The lowest BCUT2D eigenvalue weighted by Gasteiger charge is -2.12. The van der Waals surface area contributed by atoms with Crippen LogP contribution in [0.3, 0.4) is 0 Å². The van der Waals surface area contributed by atoms with E-state index in [4.69, 9.17) is 34.8 Å². The van der Waals surface area contributed by atoms with Crippen molar-refractivity contribution in [1.82, 2.24) is 0 Å². The molecule has 0 radical (unpaired) electrons. The molecule has 3 nitrogen and oxygen atoms in total. The van der Waals surface area contributed by atoms with E-state index in [-0.39, 0.29) is 12.5 Å². The van der Waals surface area contributed by atoms with Crippen LogP contribution in [0.5, 0.6) is 0 Å². The van der Waals surface area contributed by atoms with Crippen molar-refractivity contribution in [3.05, 3.63) is 51.5 Å². The van der Waals surface area contributed by atoms with Gasteiger partial charge in [0.1, 0.15) is 0 Å². The summed E-state index contributed by atoms with van der Waals surface area (Å²) in [5, 5.41) is 6.82. The second-order valence-corrected chi connectivity index (χ2v) is 6.42. The Hall–Kier alpha value is -1.07. The Labute approximate surface area is 148 Å². The molecular weight excluding hydrogens is 363 g/mol. The predicted molar refractivity (Wildman–Crippen MR) is 96.8 cm³/mol. The van der Waals surface area contributed by atoms with E-state index in [1.54, 1.807) is 11.8 Å². The quantitative estimate of drug-likeness (QED) is 0.541. The van der Waals surface area contributed by atoms with Gasteiger partial charge in [-0.05, 0) is 30.5 Å². The fourth-order valence-electron chi connectivity index (χ4n) is 1.78. The van der Waals surface area contributed by atoms with Crippen molar-refractivity contribution in [1.29, 1.82) is 0 Å². The van der Waals surface area contributed by atoms with Gasteiger partial charge in [-0.3, -0.25) is 4.79 Å². The maximum absolute atomic E-state index is 12.0. The zero-order chi connectivity index (χ0) is 16.1. The molecule has 0 aliphatic rings. The van der Waals surface area contributed by atoms with Crippen molar-refractivity contribution in [2.24, 2.45) is 0 Å². The Kier molecular flexibility index (Phi) is 6.26. The minimum Gasteiger partial charge on any atom is -0.375 e. The SMILES string of the molecule is CSc1ccccc1NCC(=O)Nc1cc(Cl)c(Cl)cc1Cl. The Morgan fingerprint density at radius 1 is 1.05 bits per heavy atom. The lowest BCUT2D eigenvalue weighted by atomic mass is 10.3. The molecule has 0 saturated heterocycles. The highest BCUT2D eigenvalue weighted by Crippen LogP contribution is 2.32. The number of nitrogens with one attached hydrogen (secondary N) is 2. The molecule has 0 heterocycles. The summed E-state index contributed by atoms with van der Waals surface area (Å²) in [7, 11) is 0. The first kappa shape index (κ1) is 17.3. The maximum Gasteiger partial charge on any atom is 0.243 e. The number of hydrogen-bond acceptors (Lipinski definition) is 3. The number of anilines is 2. The summed E-state index contributed by atoms with van der Waals surface area (Å²) in [6.07, 6.45) is 1.98. The number of carbonyl (C=O) groups is 1. The number of halogens is 3. The van der Waals surface area contributed by atoms with E-state index in [1.807, 2.05) is 30.5 Å². The highest BCUT2D eigenvalue weighted by molar-refractivity contribution is 7.98. The van der Waals surface area contributed by atoms with Crippen LogP contribution in [-0.4, -0.2) is 18.7 Å². The van der Waals surface area contributed by atoms with Gasteiger partial charge in [0.15, 0.2) is 0 Å². The van der Waals surface area contributed by atoms with Crippen LogP contribution in [0, 0.1) is 0 Å². The summed E-state index contributed by atoms with van der Waals surface area (Å²) in [6, 6.07) is 10.8. The molecule has 0 fully saturated rings. The van der Waals surface area contributed by atoms with Crippen LogP contribution < -0.4 is 10.6 Å². The van der Waals surface area contributed by atoms with E-state index < -0.39 is 0 Å². The number of rotatable bonds is 5. The number of hydrogen-bond donors (Lipinski definition) is 2. The highest BCUT2D eigenvalue weighted by atomic mass is 35.5. The van der Waals surface area contributed by atoms with Gasteiger partial charge >= 0.3 is 0 Å². The van der Waals surface area contributed by atoms with Crippen molar-refractivity contribution in [3.8, 4) is 0 Å². The minimum atomic E-state index is -0.226. The molecule has 2 aromatic carbocycles. The van der Waals surface area contributed by atoms with Crippen LogP contribution >= 0.6 is 46.6 Å². The third kappa shape index (κ3) is 4.46. The van der Waals surface area contributed by atoms with Gasteiger partial charge in [0.2, 0.25) is 5.91 Å². The summed E-state index contributed by atoms with van der Waals surface area (Å²) in [5.74, 6) is -0.226. The van der Waals surface area contributed by atoms with Crippen molar-refractivity contribution < 1.29 is 4.79 Å². The lowest BCUT2D eigenvalue weighted by Crippen LogP contribution is -2.22. The summed E-state index contributed by atoms with van der Waals surface area (Å²) < 4.78 is 0. The molecule has 2 rings (SSSR count). The number of amides is 1. The number of benzene rings is 2. The summed E-state index contributed by atoms with van der Waals surface area (Å²) in [5.41, 5.74) is 1.34. The van der Waals surface area contributed by atoms with Crippen molar-refractivity contribution in [3.63, 3.8) is 0 Å². The fourth-order valence-corrected chi connectivity index (χ4v) is 2.95. The standard InChI is InChI=1S/C15H13Cl3N2OS/c1-22-14-5-3-2-4-12(14)19-8-15(21)20-13-7-10(17)9(16)6-11(13)18/h2-7,19H,8H2,1H3,(H,20,21). The third-order valence-electron chi connectivity index (χ3n) is 2.83. The van der Waals surface area contributed by atoms with Crippen LogP contribution in [-0.2, 0) is 4.79 Å². The molecule has 2 aromatic rings. The van der Waals surface area contributed by atoms with E-state index >= 15 is 0 Å². The molecule has 0 unspecified atom stereocenters. The first-order valence-corrected chi connectivity index (χ1v) is 8.68. The van der Waals surface area contributed by atoms with Gasteiger partial charge < -0.3 is 10.6 Å². The summed E-state index contributed by atoms with van der Waals surface area (Å²) in [6.45, 7) is 0.119. The molecule has 0 saturated carbocycles. The Balaban J connectivity index is 2.00. The predicted octanol–water partition coefficient (Wildman–Crippen LogP) is 5.42. The minimum absolute atomic E-state index is 0.119. The van der Waals surface area contributed by atoms with Gasteiger partial charge in [-0.25, -0.2) is 0 Å². The molecule has 0 spiro atoms. The van der Waals surface area contributed by atoms with Gasteiger partial charge in [-0.2, -0.15) is 0 Å². The number of carbonyl (C=O) groups excluding carboxylic acids is 1. The van der Waals surface area contributed by atoms with Crippen molar-refractivity contribution in [2.75, 3.05) is 23.4 Å². The average molecular weight is 376 g/mol. The van der Waals surface area contributed by atoms with E-state index in [9.17, 15) is 4.79 Å². The Morgan fingerprint density at radius 2 is 1.73 bits per heavy atom. The van der Waals surface area contributed by atoms with Crippen molar-refractivity contribution >= 4 is 63.8 Å².